The molecule has 0 bridgehead atoms. The highest BCUT2D eigenvalue weighted by Crippen LogP contribution is 2.11. The Morgan fingerprint density at radius 3 is 3.07 bits per heavy atom. The number of nitriles is 1. The van der Waals surface area contributed by atoms with Gasteiger partial charge in [-0.2, -0.15) is 5.26 Å². The Hall–Kier alpha value is -1.89. The van der Waals surface area contributed by atoms with E-state index in [0.29, 0.717) is 17.7 Å². The molecule has 0 aliphatic rings. The first-order chi connectivity index (χ1) is 6.65. The van der Waals surface area contributed by atoms with Gasteiger partial charge < -0.3 is 5.11 Å². The highest BCUT2D eigenvalue weighted by molar-refractivity contribution is 5.70. The predicted molar refractivity (Wildman–Crippen MR) is 49.5 cm³/mol. The fraction of sp³-hybridized carbons (Fsp3) is 0.300. The van der Waals surface area contributed by atoms with Gasteiger partial charge in [-0.3, -0.25) is 4.79 Å². The summed E-state index contributed by atoms with van der Waals surface area (Å²) in [5.41, 5.74) is 0.991. The lowest BCUT2D eigenvalue weighted by molar-refractivity contribution is -0.141. The van der Waals surface area contributed by atoms with Crippen molar-refractivity contribution >= 4 is 5.97 Å². The van der Waals surface area contributed by atoms with Gasteiger partial charge >= 0.3 is 5.97 Å². The van der Waals surface area contributed by atoms with Crippen LogP contribution in [0.1, 0.15) is 18.2 Å². The molecule has 1 rings (SSSR count). The minimum Gasteiger partial charge on any atom is -0.481 e. The number of pyridine rings is 1. The van der Waals surface area contributed by atoms with Crippen LogP contribution in [0.3, 0.4) is 0 Å². The van der Waals surface area contributed by atoms with Crippen LogP contribution < -0.4 is 0 Å². The molecule has 0 aliphatic heterocycles. The molecular weight excluding hydrogens is 180 g/mol. The second kappa shape index (κ2) is 4.38. The number of rotatable bonds is 3. The predicted octanol–water partition coefficient (Wildman–Crippen LogP) is 1.22. The summed E-state index contributed by atoms with van der Waals surface area (Å²) in [5, 5.41) is 17.4. The maximum Gasteiger partial charge on any atom is 0.306 e. The van der Waals surface area contributed by atoms with Gasteiger partial charge in [0.05, 0.1) is 5.92 Å². The number of carboxylic acids is 1. The summed E-state index contributed by atoms with van der Waals surface area (Å²) < 4.78 is 0. The third kappa shape index (κ3) is 2.30. The molecule has 14 heavy (non-hydrogen) atoms. The summed E-state index contributed by atoms with van der Waals surface area (Å²) in [6.07, 6.45) is 1.86. The van der Waals surface area contributed by atoms with E-state index in [-0.39, 0.29) is 0 Å². The lowest BCUT2D eigenvalue weighted by atomic mass is 10.0. The number of carboxylic acid groups (broad SMARTS) is 1. The Morgan fingerprint density at radius 2 is 2.50 bits per heavy atom. The third-order valence-corrected chi connectivity index (χ3v) is 1.94. The van der Waals surface area contributed by atoms with Gasteiger partial charge in [0.1, 0.15) is 11.8 Å². The van der Waals surface area contributed by atoms with Gasteiger partial charge in [0.2, 0.25) is 0 Å². The van der Waals surface area contributed by atoms with Crippen molar-refractivity contribution in [3.63, 3.8) is 0 Å². The van der Waals surface area contributed by atoms with Crippen molar-refractivity contribution in [3.8, 4) is 6.07 Å². The Bertz CT molecular complexity index is 382. The molecule has 1 atom stereocenters. The average molecular weight is 190 g/mol. The number of hydrogen-bond donors (Lipinski definition) is 1. The summed E-state index contributed by atoms with van der Waals surface area (Å²) >= 11 is 0. The number of aliphatic carboxylic acids is 1. The van der Waals surface area contributed by atoms with E-state index in [1.54, 1.807) is 19.1 Å². The topological polar surface area (TPSA) is 74.0 Å². The third-order valence-electron chi connectivity index (χ3n) is 1.94. The first-order valence-electron chi connectivity index (χ1n) is 4.22. The van der Waals surface area contributed by atoms with Crippen molar-refractivity contribution < 1.29 is 9.90 Å². The van der Waals surface area contributed by atoms with Crippen molar-refractivity contribution in [3.05, 3.63) is 29.6 Å². The quantitative estimate of drug-likeness (QED) is 0.777. The SMILES string of the molecule is C[C@@H](Cc1cccnc1C#N)C(=O)O. The van der Waals surface area contributed by atoms with Gasteiger partial charge in [0, 0.05) is 6.20 Å². The van der Waals surface area contributed by atoms with Crippen LogP contribution in [0.4, 0.5) is 0 Å². The summed E-state index contributed by atoms with van der Waals surface area (Å²) in [6, 6.07) is 5.36. The second-order valence-electron chi connectivity index (χ2n) is 3.07. The molecular formula is C10H10N2O2. The van der Waals surface area contributed by atoms with E-state index in [1.807, 2.05) is 6.07 Å². The van der Waals surface area contributed by atoms with Crippen molar-refractivity contribution in [2.45, 2.75) is 13.3 Å². The molecule has 72 valence electrons. The maximum atomic E-state index is 10.6. The van der Waals surface area contributed by atoms with E-state index in [0.717, 1.165) is 0 Å². The standard InChI is InChI=1S/C10H10N2O2/c1-7(10(13)14)5-8-3-2-4-12-9(8)6-11/h2-4,7H,5H2,1H3,(H,13,14)/t7-/m0/s1. The van der Waals surface area contributed by atoms with E-state index in [9.17, 15) is 4.79 Å². The average Bonchev–Trinajstić information content (AvgIpc) is 2.18. The van der Waals surface area contributed by atoms with E-state index >= 15 is 0 Å². The Kier molecular flexibility index (Phi) is 3.19. The zero-order valence-electron chi connectivity index (χ0n) is 7.77. The van der Waals surface area contributed by atoms with Crippen molar-refractivity contribution in [1.29, 1.82) is 5.26 Å². The van der Waals surface area contributed by atoms with Gasteiger partial charge in [-0.1, -0.05) is 13.0 Å². The molecule has 1 aromatic heterocycles. The molecule has 4 heteroatoms. The Morgan fingerprint density at radius 1 is 1.79 bits per heavy atom. The van der Waals surface area contributed by atoms with E-state index in [1.165, 1.54) is 6.20 Å². The molecule has 0 fully saturated rings. The number of nitrogens with zero attached hydrogens (tertiary/aromatic N) is 2. The summed E-state index contributed by atoms with van der Waals surface area (Å²) in [6.45, 7) is 1.61. The fourth-order valence-corrected chi connectivity index (χ4v) is 1.12. The number of hydrogen-bond acceptors (Lipinski definition) is 3. The molecule has 0 radical (unpaired) electrons. The van der Waals surface area contributed by atoms with Crippen LogP contribution in [0.25, 0.3) is 0 Å². The van der Waals surface area contributed by atoms with Crippen LogP contribution in [0, 0.1) is 17.2 Å². The van der Waals surface area contributed by atoms with Crippen LogP contribution in [0.2, 0.25) is 0 Å². The minimum atomic E-state index is -0.863. The lowest BCUT2D eigenvalue weighted by Gasteiger charge is -2.06. The molecule has 1 N–H and O–H groups in total. The molecule has 0 spiro atoms. The van der Waals surface area contributed by atoms with Gasteiger partial charge in [-0.25, -0.2) is 4.98 Å². The molecule has 1 heterocycles. The largest absolute Gasteiger partial charge is 0.481 e. The van der Waals surface area contributed by atoms with Gasteiger partial charge in [-0.05, 0) is 18.1 Å². The normalized spacial score (nSPS) is 11.7. The lowest BCUT2D eigenvalue weighted by Crippen LogP contribution is -2.13. The van der Waals surface area contributed by atoms with Crippen LogP contribution in [0.5, 0.6) is 0 Å². The Balaban J connectivity index is 2.87. The van der Waals surface area contributed by atoms with E-state index < -0.39 is 11.9 Å². The monoisotopic (exact) mass is 190 g/mol. The van der Waals surface area contributed by atoms with Crippen molar-refractivity contribution in [2.75, 3.05) is 0 Å². The molecule has 0 saturated carbocycles. The Labute approximate surface area is 81.8 Å². The zero-order valence-corrected chi connectivity index (χ0v) is 7.77. The van der Waals surface area contributed by atoms with E-state index in [4.69, 9.17) is 10.4 Å². The number of aromatic nitrogens is 1. The minimum absolute atomic E-state index is 0.306. The maximum absolute atomic E-state index is 10.6. The van der Waals surface area contributed by atoms with Gasteiger partial charge in [0.15, 0.2) is 0 Å². The second-order valence-corrected chi connectivity index (χ2v) is 3.07. The molecule has 0 saturated heterocycles. The van der Waals surface area contributed by atoms with Crippen molar-refractivity contribution in [1.82, 2.24) is 4.98 Å². The first kappa shape index (κ1) is 10.2. The summed E-state index contributed by atoms with van der Waals surface area (Å²) in [4.78, 5) is 14.5. The van der Waals surface area contributed by atoms with Gasteiger partial charge in [0.25, 0.3) is 0 Å². The van der Waals surface area contributed by atoms with Crippen LogP contribution in [-0.2, 0) is 11.2 Å². The molecule has 0 aromatic carbocycles. The van der Waals surface area contributed by atoms with Crippen LogP contribution in [-0.4, -0.2) is 16.1 Å². The number of carbonyl (C=O) groups is 1. The molecule has 0 amide bonds. The van der Waals surface area contributed by atoms with Crippen molar-refractivity contribution in [2.24, 2.45) is 5.92 Å². The highest BCUT2D eigenvalue weighted by Gasteiger charge is 2.13. The smallest absolute Gasteiger partial charge is 0.306 e. The summed E-state index contributed by atoms with van der Waals surface area (Å²) in [5.74, 6) is -1.36. The van der Waals surface area contributed by atoms with Crippen LogP contribution in [0.15, 0.2) is 18.3 Å². The molecule has 4 nitrogen and oxygen atoms in total. The highest BCUT2D eigenvalue weighted by atomic mass is 16.4. The zero-order chi connectivity index (χ0) is 10.6. The fourth-order valence-electron chi connectivity index (χ4n) is 1.12. The summed E-state index contributed by atoms with van der Waals surface area (Å²) in [7, 11) is 0. The van der Waals surface area contributed by atoms with E-state index in [2.05, 4.69) is 4.98 Å². The molecule has 0 aliphatic carbocycles. The van der Waals surface area contributed by atoms with Crippen LogP contribution >= 0.6 is 0 Å². The first-order valence-corrected chi connectivity index (χ1v) is 4.22. The molecule has 0 unspecified atom stereocenters. The van der Waals surface area contributed by atoms with Gasteiger partial charge in [-0.15, -0.1) is 0 Å². The molecule has 1 aromatic rings.